The van der Waals surface area contributed by atoms with Gasteiger partial charge in [-0.15, -0.1) is 0 Å². The molecule has 0 saturated carbocycles. The van der Waals surface area contributed by atoms with Crippen LogP contribution >= 0.6 is 11.8 Å². The van der Waals surface area contributed by atoms with Crippen molar-refractivity contribution in [1.29, 1.82) is 5.26 Å². The predicted octanol–water partition coefficient (Wildman–Crippen LogP) is 3.04. The molecule has 0 unspecified atom stereocenters. The maximum atomic E-state index is 13.2. The van der Waals surface area contributed by atoms with Gasteiger partial charge in [0.25, 0.3) is 0 Å². The molecule has 2 N–H and O–H groups in total. The molecule has 2 aromatic rings. The molecule has 35 heavy (non-hydrogen) atoms. The SMILES string of the molecule is CSCCNc1cc(NC(=O)N2CCCc3cc(CN4CCCC4=O)c(C=O)nc32)ncc1C#N. The predicted molar refractivity (Wildman–Crippen MR) is 135 cm³/mol. The van der Waals surface area contributed by atoms with Crippen molar-refractivity contribution in [2.75, 3.05) is 47.2 Å². The summed E-state index contributed by atoms with van der Waals surface area (Å²) in [5.41, 5.74) is 2.80. The number of aryl methyl sites for hydroxylation is 1. The normalized spacial score (nSPS) is 14.9. The molecule has 0 radical (unpaired) electrons. The molecule has 0 aromatic carbocycles. The van der Waals surface area contributed by atoms with Crippen LogP contribution in [0.2, 0.25) is 0 Å². The van der Waals surface area contributed by atoms with Crippen molar-refractivity contribution >= 4 is 47.3 Å². The van der Waals surface area contributed by atoms with Crippen molar-refractivity contribution in [2.24, 2.45) is 0 Å². The van der Waals surface area contributed by atoms with Crippen LogP contribution in [-0.2, 0) is 17.8 Å². The number of hydrogen-bond donors (Lipinski definition) is 2. The second-order valence-corrected chi connectivity index (χ2v) is 9.37. The summed E-state index contributed by atoms with van der Waals surface area (Å²) in [7, 11) is 0. The molecule has 4 heterocycles. The number of carbonyl (C=O) groups excluding carboxylic acids is 3. The number of nitrogens with one attached hydrogen (secondary N) is 2. The van der Waals surface area contributed by atoms with Gasteiger partial charge in [-0.3, -0.25) is 19.8 Å². The fraction of sp³-hybridized carbons (Fsp3) is 0.417. The fourth-order valence-corrected chi connectivity index (χ4v) is 4.59. The van der Waals surface area contributed by atoms with Crippen LogP contribution < -0.4 is 15.5 Å². The minimum absolute atomic E-state index is 0.0813. The molecule has 2 aromatic heterocycles. The third kappa shape index (κ3) is 5.54. The second kappa shape index (κ2) is 11.2. The van der Waals surface area contributed by atoms with E-state index < -0.39 is 6.03 Å². The van der Waals surface area contributed by atoms with Crippen LogP contribution in [0.4, 0.5) is 22.1 Å². The Labute approximate surface area is 208 Å². The molecule has 182 valence electrons. The van der Waals surface area contributed by atoms with Gasteiger partial charge in [-0.1, -0.05) is 0 Å². The summed E-state index contributed by atoms with van der Waals surface area (Å²) in [6.07, 6.45) is 6.92. The zero-order chi connectivity index (χ0) is 24.8. The Morgan fingerprint density at radius 3 is 2.83 bits per heavy atom. The topological polar surface area (TPSA) is 131 Å². The number of nitriles is 1. The maximum absolute atomic E-state index is 13.2. The van der Waals surface area contributed by atoms with Gasteiger partial charge in [-0.25, -0.2) is 14.8 Å². The third-order valence-electron chi connectivity index (χ3n) is 6.04. The highest BCUT2D eigenvalue weighted by molar-refractivity contribution is 7.98. The van der Waals surface area contributed by atoms with Crippen molar-refractivity contribution in [1.82, 2.24) is 14.9 Å². The molecule has 11 heteroatoms. The van der Waals surface area contributed by atoms with E-state index in [1.165, 1.54) is 11.1 Å². The van der Waals surface area contributed by atoms with Gasteiger partial charge in [0, 0.05) is 56.2 Å². The second-order valence-electron chi connectivity index (χ2n) is 8.38. The minimum atomic E-state index is -0.412. The largest absolute Gasteiger partial charge is 0.383 e. The minimum Gasteiger partial charge on any atom is -0.383 e. The number of pyridine rings is 2. The third-order valence-corrected chi connectivity index (χ3v) is 6.66. The van der Waals surface area contributed by atoms with Crippen LogP contribution in [0.5, 0.6) is 0 Å². The van der Waals surface area contributed by atoms with Crippen LogP contribution in [0.25, 0.3) is 0 Å². The monoisotopic (exact) mass is 493 g/mol. The fourth-order valence-electron chi connectivity index (χ4n) is 4.28. The number of nitrogens with zero attached hydrogens (tertiary/aromatic N) is 5. The molecule has 2 aliphatic heterocycles. The number of amides is 3. The first-order chi connectivity index (χ1) is 17.0. The number of fused-ring (bicyclic) bond motifs is 1. The van der Waals surface area contributed by atoms with E-state index in [1.54, 1.807) is 22.7 Å². The van der Waals surface area contributed by atoms with Gasteiger partial charge >= 0.3 is 6.03 Å². The summed E-state index contributed by atoms with van der Waals surface area (Å²) in [5, 5.41) is 15.3. The number of anilines is 3. The van der Waals surface area contributed by atoms with Gasteiger partial charge in [0.05, 0.1) is 11.3 Å². The highest BCUT2D eigenvalue weighted by atomic mass is 32.2. The van der Waals surface area contributed by atoms with Crippen molar-refractivity contribution in [2.45, 2.75) is 32.2 Å². The first-order valence-electron chi connectivity index (χ1n) is 11.5. The van der Waals surface area contributed by atoms with Gasteiger partial charge in [0.15, 0.2) is 6.29 Å². The van der Waals surface area contributed by atoms with E-state index in [9.17, 15) is 19.6 Å². The Hall–Kier alpha value is -3.65. The summed E-state index contributed by atoms with van der Waals surface area (Å²) >= 11 is 1.69. The lowest BCUT2D eigenvalue weighted by atomic mass is 10.0. The summed E-state index contributed by atoms with van der Waals surface area (Å²) in [5.74, 6) is 1.71. The molecule has 1 saturated heterocycles. The molecule has 10 nitrogen and oxygen atoms in total. The van der Waals surface area contributed by atoms with Crippen LogP contribution in [0.15, 0.2) is 18.3 Å². The van der Waals surface area contributed by atoms with E-state index in [-0.39, 0.29) is 11.6 Å². The van der Waals surface area contributed by atoms with E-state index in [2.05, 4.69) is 26.7 Å². The number of thioether (sulfide) groups is 1. The number of urea groups is 1. The van der Waals surface area contributed by atoms with Crippen molar-refractivity contribution in [3.63, 3.8) is 0 Å². The lowest BCUT2D eigenvalue weighted by Gasteiger charge is -2.29. The number of aldehydes is 1. The smallest absolute Gasteiger partial charge is 0.328 e. The Balaban J connectivity index is 1.54. The Morgan fingerprint density at radius 1 is 1.29 bits per heavy atom. The number of rotatable bonds is 8. The van der Waals surface area contributed by atoms with Gasteiger partial charge < -0.3 is 10.2 Å². The summed E-state index contributed by atoms with van der Waals surface area (Å²) < 4.78 is 0. The van der Waals surface area contributed by atoms with Crippen molar-refractivity contribution in [3.8, 4) is 6.07 Å². The molecular weight excluding hydrogens is 466 g/mol. The Bertz CT molecular complexity index is 1180. The molecule has 1 fully saturated rings. The first-order valence-corrected chi connectivity index (χ1v) is 12.9. The number of likely N-dealkylation sites (tertiary alicyclic amines) is 1. The van der Waals surface area contributed by atoms with Gasteiger partial charge in [-0.05, 0) is 37.1 Å². The van der Waals surface area contributed by atoms with Crippen LogP contribution in [0.3, 0.4) is 0 Å². The van der Waals surface area contributed by atoms with Crippen LogP contribution in [0, 0.1) is 11.3 Å². The molecule has 0 aliphatic carbocycles. The maximum Gasteiger partial charge on any atom is 0.328 e. The molecule has 4 rings (SSSR count). The van der Waals surface area contributed by atoms with Crippen molar-refractivity contribution < 1.29 is 14.4 Å². The van der Waals surface area contributed by atoms with E-state index in [1.807, 2.05) is 12.3 Å². The van der Waals surface area contributed by atoms with Crippen LogP contribution in [0.1, 0.15) is 46.4 Å². The average molecular weight is 494 g/mol. The quantitative estimate of drug-likeness (QED) is 0.424. The van der Waals surface area contributed by atoms with E-state index in [0.717, 1.165) is 30.6 Å². The summed E-state index contributed by atoms with van der Waals surface area (Å²) in [4.78, 5) is 49.0. The highest BCUT2D eigenvalue weighted by Gasteiger charge is 2.28. The zero-order valence-electron chi connectivity index (χ0n) is 19.5. The Kier molecular flexibility index (Phi) is 7.82. The summed E-state index contributed by atoms with van der Waals surface area (Å²) in [6.45, 7) is 2.15. The lowest BCUT2D eigenvalue weighted by molar-refractivity contribution is -0.128. The molecule has 0 bridgehead atoms. The first kappa shape index (κ1) is 24.5. The number of carbonyl (C=O) groups is 3. The lowest BCUT2D eigenvalue weighted by Crippen LogP contribution is -2.40. The average Bonchev–Trinajstić information content (AvgIpc) is 3.27. The number of hydrogen-bond acceptors (Lipinski definition) is 8. The molecule has 3 amide bonds. The molecule has 0 spiro atoms. The highest BCUT2D eigenvalue weighted by Crippen LogP contribution is 2.29. The molecular formula is C24H27N7O3S. The van der Waals surface area contributed by atoms with Crippen molar-refractivity contribution in [3.05, 3.63) is 40.7 Å². The Morgan fingerprint density at radius 2 is 2.11 bits per heavy atom. The van der Waals surface area contributed by atoms with Gasteiger partial charge in [0.1, 0.15) is 23.4 Å². The molecule has 0 atom stereocenters. The standard InChI is InChI=1S/C24H27N7O3S/c1-35-9-6-26-19-11-21(27-13-18(19)12-25)29-24(34)31-8-2-4-16-10-17(20(15-32)28-23(16)31)14-30-7-3-5-22(30)33/h10-11,13,15H,2-9,14H2,1H3,(H2,26,27,29,34). The number of aromatic nitrogens is 2. The van der Waals surface area contributed by atoms with Gasteiger partial charge in [-0.2, -0.15) is 17.0 Å². The van der Waals surface area contributed by atoms with Crippen LogP contribution in [-0.4, -0.2) is 64.7 Å². The summed E-state index contributed by atoms with van der Waals surface area (Å²) in [6, 6.07) is 5.23. The molecule has 2 aliphatic rings. The van der Waals surface area contributed by atoms with Gasteiger partial charge in [0.2, 0.25) is 5.91 Å². The zero-order valence-corrected chi connectivity index (χ0v) is 20.4. The van der Waals surface area contributed by atoms with E-state index in [4.69, 9.17) is 0 Å². The van der Waals surface area contributed by atoms with E-state index in [0.29, 0.717) is 67.3 Å². The van der Waals surface area contributed by atoms with E-state index >= 15 is 0 Å².